The van der Waals surface area contributed by atoms with Crippen LogP contribution in [-0.2, 0) is 14.0 Å². The summed E-state index contributed by atoms with van der Waals surface area (Å²) >= 11 is 0. The second-order valence-electron chi connectivity index (χ2n) is 4.36. The fourth-order valence-corrected chi connectivity index (χ4v) is 1.00. The van der Waals surface area contributed by atoms with Crippen LogP contribution in [-0.4, -0.2) is 18.5 Å². The van der Waals surface area contributed by atoms with Crippen LogP contribution in [0.25, 0.3) is 0 Å². The molecule has 1 heterocycles. The van der Waals surface area contributed by atoms with E-state index in [-0.39, 0.29) is 11.2 Å². The fraction of sp³-hybridized carbons (Fsp3) is 0.778. The summed E-state index contributed by atoms with van der Waals surface area (Å²) in [5.41, 5.74) is -0.680. The Kier molecular flexibility index (Phi) is 2.47. The molecule has 0 aromatic heterocycles. The second kappa shape index (κ2) is 3.03. The van der Waals surface area contributed by atoms with Gasteiger partial charge in [0.25, 0.3) is 0 Å². The van der Waals surface area contributed by atoms with Crippen molar-refractivity contribution in [2.75, 3.05) is 0 Å². The molecule has 0 unspecified atom stereocenters. The Morgan fingerprint density at radius 3 is 1.85 bits per heavy atom. The highest BCUT2D eigenvalue weighted by molar-refractivity contribution is 6.38. The van der Waals surface area contributed by atoms with Gasteiger partial charge in [0.1, 0.15) is 0 Å². The molecule has 4 heteroatoms. The molecule has 74 valence electrons. The Morgan fingerprint density at radius 2 is 1.54 bits per heavy atom. The first-order valence-electron chi connectivity index (χ1n) is 4.42. The highest BCUT2D eigenvalue weighted by Crippen LogP contribution is 2.37. The molecular weight excluding hydrogens is 167 g/mol. The molecule has 0 saturated carbocycles. The van der Waals surface area contributed by atoms with Gasteiger partial charge < -0.3 is 14.0 Å². The van der Waals surface area contributed by atoms with Crippen molar-refractivity contribution < 1.29 is 14.0 Å². The zero-order valence-corrected chi connectivity index (χ0v) is 9.01. The molecule has 0 atom stereocenters. The van der Waals surface area contributed by atoms with Gasteiger partial charge in [0, 0.05) is 0 Å². The minimum absolute atomic E-state index is 0.340. The molecule has 3 nitrogen and oxygen atoms in total. The van der Waals surface area contributed by atoms with Crippen LogP contribution < -0.4 is 0 Å². The minimum atomic E-state index is -0.623. The SMILES string of the molecule is C=C(C)OB1OC(C)(C)C(C)(C)O1. The summed E-state index contributed by atoms with van der Waals surface area (Å²) in [7, 11) is -0.623. The third-order valence-corrected chi connectivity index (χ3v) is 2.53. The van der Waals surface area contributed by atoms with Crippen LogP contribution in [0.5, 0.6) is 0 Å². The van der Waals surface area contributed by atoms with E-state index in [1.807, 2.05) is 27.7 Å². The van der Waals surface area contributed by atoms with Crippen molar-refractivity contribution in [1.82, 2.24) is 0 Å². The maximum atomic E-state index is 5.57. The zero-order valence-electron chi connectivity index (χ0n) is 9.01. The number of hydrogen-bond donors (Lipinski definition) is 0. The van der Waals surface area contributed by atoms with Crippen molar-refractivity contribution >= 4 is 7.32 Å². The predicted molar refractivity (Wildman–Crippen MR) is 52.0 cm³/mol. The van der Waals surface area contributed by atoms with Crippen LogP contribution in [0, 0.1) is 0 Å². The van der Waals surface area contributed by atoms with E-state index in [1.165, 1.54) is 0 Å². The molecule has 0 amide bonds. The van der Waals surface area contributed by atoms with E-state index in [2.05, 4.69) is 6.58 Å². The highest BCUT2D eigenvalue weighted by Gasteiger charge is 2.54. The Labute approximate surface area is 80.2 Å². The van der Waals surface area contributed by atoms with Gasteiger partial charge in [0.05, 0.1) is 17.0 Å². The van der Waals surface area contributed by atoms with Crippen molar-refractivity contribution in [2.24, 2.45) is 0 Å². The van der Waals surface area contributed by atoms with E-state index in [4.69, 9.17) is 14.0 Å². The summed E-state index contributed by atoms with van der Waals surface area (Å²) in [5, 5.41) is 0. The zero-order chi connectivity index (χ0) is 10.3. The Balaban J connectivity index is 2.65. The van der Waals surface area contributed by atoms with E-state index < -0.39 is 7.32 Å². The van der Waals surface area contributed by atoms with Gasteiger partial charge in [0.15, 0.2) is 0 Å². The van der Waals surface area contributed by atoms with Crippen LogP contribution >= 0.6 is 0 Å². The summed E-state index contributed by atoms with van der Waals surface area (Å²) in [5.74, 6) is 0.596. The first-order chi connectivity index (χ1) is 5.74. The molecule has 0 bridgehead atoms. The summed E-state index contributed by atoms with van der Waals surface area (Å²) < 4.78 is 16.4. The summed E-state index contributed by atoms with van der Waals surface area (Å²) in [4.78, 5) is 0. The third kappa shape index (κ3) is 2.06. The van der Waals surface area contributed by atoms with E-state index >= 15 is 0 Å². The molecule has 0 aromatic carbocycles. The van der Waals surface area contributed by atoms with Crippen molar-refractivity contribution in [1.29, 1.82) is 0 Å². The second-order valence-corrected chi connectivity index (χ2v) is 4.36. The van der Waals surface area contributed by atoms with Crippen LogP contribution in [0.1, 0.15) is 34.6 Å². The summed E-state index contributed by atoms with van der Waals surface area (Å²) in [6.45, 7) is 13.3. The van der Waals surface area contributed by atoms with Crippen molar-refractivity contribution in [2.45, 2.75) is 45.8 Å². The quantitative estimate of drug-likeness (QED) is 0.486. The monoisotopic (exact) mass is 184 g/mol. The number of rotatable bonds is 2. The summed E-state index contributed by atoms with van der Waals surface area (Å²) in [6, 6.07) is 0. The largest absolute Gasteiger partial charge is 0.713 e. The smallest absolute Gasteiger partial charge is 0.516 e. The molecule has 0 aliphatic carbocycles. The van der Waals surface area contributed by atoms with Crippen molar-refractivity contribution in [3.8, 4) is 0 Å². The van der Waals surface area contributed by atoms with Crippen LogP contribution in [0.3, 0.4) is 0 Å². The average Bonchev–Trinajstić information content (AvgIpc) is 1.98. The van der Waals surface area contributed by atoms with Gasteiger partial charge in [-0.2, -0.15) is 0 Å². The molecule has 1 saturated heterocycles. The molecule has 1 fully saturated rings. The molecule has 1 rings (SSSR count). The van der Waals surface area contributed by atoms with E-state index in [0.29, 0.717) is 5.76 Å². The lowest BCUT2D eigenvalue weighted by molar-refractivity contribution is 0.00578. The molecule has 1 aliphatic heterocycles. The topological polar surface area (TPSA) is 27.7 Å². The van der Waals surface area contributed by atoms with Crippen LogP contribution in [0.2, 0.25) is 0 Å². The number of allylic oxidation sites excluding steroid dienone is 1. The predicted octanol–water partition coefficient (Wildman–Crippen LogP) is 2.13. The lowest BCUT2D eigenvalue weighted by atomic mass is 9.90. The Morgan fingerprint density at radius 1 is 1.15 bits per heavy atom. The fourth-order valence-electron chi connectivity index (χ4n) is 1.00. The Hall–Kier alpha value is -0.475. The average molecular weight is 184 g/mol. The Bertz CT molecular complexity index is 207. The molecule has 0 spiro atoms. The molecule has 0 N–H and O–H groups in total. The van der Waals surface area contributed by atoms with Crippen LogP contribution in [0.15, 0.2) is 12.3 Å². The van der Waals surface area contributed by atoms with E-state index in [9.17, 15) is 0 Å². The first-order valence-corrected chi connectivity index (χ1v) is 4.42. The van der Waals surface area contributed by atoms with Gasteiger partial charge in [-0.3, -0.25) is 0 Å². The van der Waals surface area contributed by atoms with Gasteiger partial charge >= 0.3 is 7.32 Å². The van der Waals surface area contributed by atoms with Crippen molar-refractivity contribution in [3.05, 3.63) is 12.3 Å². The van der Waals surface area contributed by atoms with E-state index in [0.717, 1.165) is 0 Å². The molecular formula is C9H17BO3. The van der Waals surface area contributed by atoms with Crippen LogP contribution in [0.4, 0.5) is 0 Å². The maximum Gasteiger partial charge on any atom is 0.713 e. The van der Waals surface area contributed by atoms with Gasteiger partial charge in [-0.05, 0) is 34.6 Å². The lowest BCUT2D eigenvalue weighted by Crippen LogP contribution is -2.41. The standard InChI is InChI=1S/C9H17BO3/c1-7(2)11-10-12-8(3,4)9(5,6)13-10/h1H2,2-6H3. The molecule has 0 aromatic rings. The third-order valence-electron chi connectivity index (χ3n) is 2.53. The van der Waals surface area contributed by atoms with Gasteiger partial charge in [-0.1, -0.05) is 6.58 Å². The van der Waals surface area contributed by atoms with Crippen molar-refractivity contribution in [3.63, 3.8) is 0 Å². The summed E-state index contributed by atoms with van der Waals surface area (Å²) in [6.07, 6.45) is 0. The number of hydrogen-bond acceptors (Lipinski definition) is 3. The van der Waals surface area contributed by atoms with E-state index in [1.54, 1.807) is 6.92 Å². The first kappa shape index (κ1) is 10.6. The van der Waals surface area contributed by atoms with Gasteiger partial charge in [-0.25, -0.2) is 0 Å². The molecule has 0 radical (unpaired) electrons. The normalized spacial score (nSPS) is 24.5. The van der Waals surface area contributed by atoms with Gasteiger partial charge in [-0.15, -0.1) is 0 Å². The minimum Gasteiger partial charge on any atom is -0.516 e. The van der Waals surface area contributed by atoms with Gasteiger partial charge in [0.2, 0.25) is 0 Å². The molecule has 1 aliphatic rings. The lowest BCUT2D eigenvalue weighted by Gasteiger charge is -2.31. The highest BCUT2D eigenvalue weighted by atomic mass is 16.8. The molecule has 13 heavy (non-hydrogen) atoms. The maximum absolute atomic E-state index is 5.57.